The van der Waals surface area contributed by atoms with E-state index in [1.807, 2.05) is 0 Å². The molecule has 0 aromatic heterocycles. The van der Waals surface area contributed by atoms with Crippen molar-refractivity contribution in [3.63, 3.8) is 0 Å². The van der Waals surface area contributed by atoms with Crippen molar-refractivity contribution in [1.29, 1.82) is 0 Å². The summed E-state index contributed by atoms with van der Waals surface area (Å²) in [5, 5.41) is 2.93. The molecule has 0 aliphatic rings. The van der Waals surface area contributed by atoms with Crippen molar-refractivity contribution in [1.82, 2.24) is 0 Å². The van der Waals surface area contributed by atoms with Crippen LogP contribution in [0.4, 0.5) is 11.4 Å². The predicted molar refractivity (Wildman–Crippen MR) is 78.8 cm³/mol. The molecule has 0 saturated carbocycles. The van der Waals surface area contributed by atoms with Crippen molar-refractivity contribution in [2.24, 2.45) is 5.73 Å². The number of halogens is 1. The van der Waals surface area contributed by atoms with Crippen molar-refractivity contribution < 1.29 is 9.59 Å². The quantitative estimate of drug-likeness (QED) is 0.756. The van der Waals surface area contributed by atoms with Gasteiger partial charge >= 0.3 is 0 Å². The van der Waals surface area contributed by atoms with E-state index in [0.717, 1.165) is 0 Å². The molecule has 2 aromatic carbocycles. The average Bonchev–Trinajstić information content (AvgIpc) is 2.41. The standard InChI is InChI=1S/C14H12ClN3O2/c15-12-5-4-9(16)7-11(12)14(20)18-10-3-1-2-8(6-10)13(17)19/h1-7H,16H2,(H2,17,19)(H,18,20). The van der Waals surface area contributed by atoms with Gasteiger partial charge in [0, 0.05) is 16.9 Å². The molecule has 0 unspecified atom stereocenters. The number of nitrogens with one attached hydrogen (secondary N) is 1. The Hall–Kier alpha value is -2.53. The highest BCUT2D eigenvalue weighted by molar-refractivity contribution is 6.34. The maximum atomic E-state index is 12.1. The third-order valence-electron chi connectivity index (χ3n) is 2.64. The Morgan fingerprint density at radius 1 is 1.10 bits per heavy atom. The number of nitrogen functional groups attached to an aromatic ring is 1. The van der Waals surface area contributed by atoms with E-state index >= 15 is 0 Å². The van der Waals surface area contributed by atoms with E-state index in [0.29, 0.717) is 22.0 Å². The van der Waals surface area contributed by atoms with Crippen LogP contribution >= 0.6 is 11.6 Å². The first-order valence-electron chi connectivity index (χ1n) is 5.73. The Morgan fingerprint density at radius 2 is 1.85 bits per heavy atom. The highest BCUT2D eigenvalue weighted by Gasteiger charge is 2.11. The van der Waals surface area contributed by atoms with Gasteiger partial charge in [-0.05, 0) is 36.4 Å². The van der Waals surface area contributed by atoms with Crippen LogP contribution in [0.5, 0.6) is 0 Å². The molecule has 5 nitrogen and oxygen atoms in total. The van der Waals surface area contributed by atoms with E-state index in [-0.39, 0.29) is 5.56 Å². The van der Waals surface area contributed by atoms with Crippen LogP contribution in [0.15, 0.2) is 42.5 Å². The van der Waals surface area contributed by atoms with Gasteiger partial charge in [-0.15, -0.1) is 0 Å². The minimum atomic E-state index is -0.567. The number of carbonyl (C=O) groups excluding carboxylic acids is 2. The lowest BCUT2D eigenvalue weighted by Crippen LogP contribution is -2.15. The number of benzene rings is 2. The Bertz CT molecular complexity index is 686. The molecule has 0 saturated heterocycles. The van der Waals surface area contributed by atoms with E-state index in [4.69, 9.17) is 23.1 Å². The van der Waals surface area contributed by atoms with Crippen LogP contribution in [-0.2, 0) is 0 Å². The van der Waals surface area contributed by atoms with Crippen molar-refractivity contribution in [2.45, 2.75) is 0 Å². The highest BCUT2D eigenvalue weighted by atomic mass is 35.5. The first-order valence-corrected chi connectivity index (χ1v) is 6.11. The molecule has 0 spiro atoms. The molecule has 5 N–H and O–H groups in total. The third-order valence-corrected chi connectivity index (χ3v) is 2.97. The van der Waals surface area contributed by atoms with Gasteiger partial charge < -0.3 is 16.8 Å². The van der Waals surface area contributed by atoms with Crippen LogP contribution in [0.1, 0.15) is 20.7 Å². The van der Waals surface area contributed by atoms with Crippen LogP contribution < -0.4 is 16.8 Å². The molecule has 0 aliphatic carbocycles. The predicted octanol–water partition coefficient (Wildman–Crippen LogP) is 2.27. The summed E-state index contributed by atoms with van der Waals surface area (Å²) in [7, 11) is 0. The summed E-state index contributed by atoms with van der Waals surface area (Å²) in [5.41, 5.74) is 12.3. The molecule has 0 heterocycles. The molecule has 2 amide bonds. The molecule has 0 atom stereocenters. The molecule has 6 heteroatoms. The summed E-state index contributed by atoms with van der Waals surface area (Å²) < 4.78 is 0. The lowest BCUT2D eigenvalue weighted by Gasteiger charge is -2.08. The fourth-order valence-corrected chi connectivity index (χ4v) is 1.87. The Morgan fingerprint density at radius 3 is 2.55 bits per heavy atom. The molecule has 20 heavy (non-hydrogen) atoms. The largest absolute Gasteiger partial charge is 0.399 e. The smallest absolute Gasteiger partial charge is 0.257 e. The normalized spacial score (nSPS) is 10.1. The van der Waals surface area contributed by atoms with Gasteiger partial charge in [0.25, 0.3) is 5.91 Å². The van der Waals surface area contributed by atoms with Crippen molar-refractivity contribution in [3.8, 4) is 0 Å². The van der Waals surface area contributed by atoms with Crippen LogP contribution in [0.25, 0.3) is 0 Å². The van der Waals surface area contributed by atoms with Crippen molar-refractivity contribution in [2.75, 3.05) is 11.1 Å². The summed E-state index contributed by atoms with van der Waals surface area (Å²) >= 11 is 5.95. The zero-order valence-corrected chi connectivity index (χ0v) is 11.1. The molecule has 102 valence electrons. The zero-order valence-electron chi connectivity index (χ0n) is 10.4. The first kappa shape index (κ1) is 13.9. The molecule has 0 radical (unpaired) electrons. The zero-order chi connectivity index (χ0) is 14.7. The van der Waals surface area contributed by atoms with E-state index in [1.165, 1.54) is 12.1 Å². The lowest BCUT2D eigenvalue weighted by molar-refractivity contribution is 0.0996. The number of amides is 2. The van der Waals surface area contributed by atoms with Crippen LogP contribution in [0.2, 0.25) is 5.02 Å². The second-order valence-corrected chi connectivity index (χ2v) is 4.55. The van der Waals surface area contributed by atoms with E-state index in [9.17, 15) is 9.59 Å². The van der Waals surface area contributed by atoms with Crippen LogP contribution in [0, 0.1) is 0 Å². The number of primary amides is 1. The Labute approximate surface area is 120 Å². The minimum Gasteiger partial charge on any atom is -0.399 e. The van der Waals surface area contributed by atoms with Gasteiger partial charge in [0.15, 0.2) is 0 Å². The maximum absolute atomic E-state index is 12.1. The molecule has 0 aliphatic heterocycles. The molecule has 2 rings (SSSR count). The summed E-state index contributed by atoms with van der Waals surface area (Å²) in [4.78, 5) is 23.2. The Balaban J connectivity index is 2.25. The summed E-state index contributed by atoms with van der Waals surface area (Å²) in [6, 6.07) is 10.9. The second-order valence-electron chi connectivity index (χ2n) is 4.14. The van der Waals surface area contributed by atoms with Crippen molar-refractivity contribution >= 4 is 34.8 Å². The van der Waals surface area contributed by atoms with Crippen LogP contribution in [-0.4, -0.2) is 11.8 Å². The molecule has 2 aromatic rings. The van der Waals surface area contributed by atoms with E-state index in [2.05, 4.69) is 5.32 Å². The van der Waals surface area contributed by atoms with Gasteiger partial charge in [-0.2, -0.15) is 0 Å². The summed E-state index contributed by atoms with van der Waals surface area (Å²) in [5.74, 6) is -0.980. The molecule has 0 fully saturated rings. The number of carbonyl (C=O) groups is 2. The van der Waals surface area contributed by atoms with E-state index in [1.54, 1.807) is 30.3 Å². The first-order chi connectivity index (χ1) is 9.47. The monoisotopic (exact) mass is 289 g/mol. The Kier molecular flexibility index (Phi) is 3.91. The fourth-order valence-electron chi connectivity index (χ4n) is 1.67. The fraction of sp³-hybridized carbons (Fsp3) is 0. The third kappa shape index (κ3) is 3.07. The number of hydrogen-bond acceptors (Lipinski definition) is 3. The average molecular weight is 290 g/mol. The molecular formula is C14H12ClN3O2. The maximum Gasteiger partial charge on any atom is 0.257 e. The number of nitrogens with two attached hydrogens (primary N) is 2. The minimum absolute atomic E-state index is 0.260. The SMILES string of the molecule is NC(=O)c1cccc(NC(=O)c2cc(N)ccc2Cl)c1. The van der Waals surface area contributed by atoms with Gasteiger partial charge in [-0.25, -0.2) is 0 Å². The second kappa shape index (κ2) is 5.63. The highest BCUT2D eigenvalue weighted by Crippen LogP contribution is 2.20. The number of hydrogen-bond donors (Lipinski definition) is 3. The summed E-state index contributed by atoms with van der Waals surface area (Å²) in [6.45, 7) is 0. The van der Waals surface area contributed by atoms with Gasteiger partial charge in [0.1, 0.15) is 0 Å². The molecule has 0 bridgehead atoms. The molecular weight excluding hydrogens is 278 g/mol. The summed E-state index contributed by atoms with van der Waals surface area (Å²) in [6.07, 6.45) is 0. The van der Waals surface area contributed by atoms with Crippen molar-refractivity contribution in [3.05, 3.63) is 58.6 Å². The van der Waals surface area contributed by atoms with Gasteiger partial charge in [-0.3, -0.25) is 9.59 Å². The van der Waals surface area contributed by atoms with E-state index < -0.39 is 11.8 Å². The van der Waals surface area contributed by atoms with Crippen LogP contribution in [0.3, 0.4) is 0 Å². The lowest BCUT2D eigenvalue weighted by atomic mass is 10.1. The van der Waals surface area contributed by atoms with Gasteiger partial charge in [0.05, 0.1) is 10.6 Å². The van der Waals surface area contributed by atoms with Gasteiger partial charge in [-0.1, -0.05) is 17.7 Å². The number of anilines is 2. The van der Waals surface area contributed by atoms with Gasteiger partial charge in [0.2, 0.25) is 5.91 Å². The number of rotatable bonds is 3. The topological polar surface area (TPSA) is 98.2 Å².